The van der Waals surface area contributed by atoms with E-state index < -0.39 is 16.8 Å². The molecule has 2 saturated heterocycles. The van der Waals surface area contributed by atoms with E-state index in [0.29, 0.717) is 48.9 Å². The molecule has 0 saturated carbocycles. The van der Waals surface area contributed by atoms with E-state index in [1.165, 1.54) is 13.2 Å². The molecule has 2 aromatic rings. The second-order valence-electron chi connectivity index (χ2n) is 8.29. The number of nitrogens with zero attached hydrogens (tertiary/aromatic N) is 3. The molecule has 2 aromatic carbocycles. The molecular formula is C24H28N4O6. The highest BCUT2D eigenvalue weighted by atomic mass is 16.6. The van der Waals surface area contributed by atoms with Gasteiger partial charge in [-0.25, -0.2) is 4.79 Å². The summed E-state index contributed by atoms with van der Waals surface area (Å²) in [6.07, 6.45) is 3.09. The lowest BCUT2D eigenvalue weighted by atomic mass is 10.1. The molecule has 0 aromatic heterocycles. The van der Waals surface area contributed by atoms with Crippen LogP contribution in [0.4, 0.5) is 22.7 Å². The van der Waals surface area contributed by atoms with Gasteiger partial charge < -0.3 is 24.6 Å². The number of carbonyl (C=O) groups is 2. The normalized spacial score (nSPS) is 16.1. The fraction of sp³-hybridized carbons (Fsp3) is 0.417. The van der Waals surface area contributed by atoms with E-state index in [0.717, 1.165) is 32.4 Å². The number of morpholine rings is 1. The lowest BCUT2D eigenvalue weighted by Crippen LogP contribution is -2.37. The lowest BCUT2D eigenvalue weighted by Gasteiger charge is -2.30. The smallest absolute Gasteiger partial charge is 0.340 e. The van der Waals surface area contributed by atoms with Gasteiger partial charge >= 0.3 is 5.97 Å². The number of anilines is 3. The molecule has 2 aliphatic rings. The van der Waals surface area contributed by atoms with E-state index >= 15 is 0 Å². The molecule has 180 valence electrons. The first-order valence-electron chi connectivity index (χ1n) is 11.4. The van der Waals surface area contributed by atoms with Crippen LogP contribution in [0.25, 0.3) is 0 Å². The minimum Gasteiger partial charge on any atom is -0.465 e. The molecule has 10 nitrogen and oxygen atoms in total. The maximum Gasteiger partial charge on any atom is 0.340 e. The Hall–Kier alpha value is -3.66. The Balaban J connectivity index is 1.57. The highest BCUT2D eigenvalue weighted by Crippen LogP contribution is 2.32. The Labute approximate surface area is 197 Å². The fourth-order valence-electron chi connectivity index (χ4n) is 4.38. The van der Waals surface area contributed by atoms with Crippen molar-refractivity contribution in [2.24, 2.45) is 0 Å². The molecule has 0 aliphatic carbocycles. The molecule has 4 rings (SSSR count). The van der Waals surface area contributed by atoms with Crippen molar-refractivity contribution in [3.05, 3.63) is 57.6 Å². The summed E-state index contributed by atoms with van der Waals surface area (Å²) >= 11 is 0. The van der Waals surface area contributed by atoms with Gasteiger partial charge in [0.15, 0.2) is 0 Å². The number of rotatable bonds is 6. The average Bonchev–Trinajstić information content (AvgIpc) is 2.88. The Morgan fingerprint density at radius 1 is 0.971 bits per heavy atom. The minimum atomic E-state index is -0.515. The molecule has 0 spiro atoms. The van der Waals surface area contributed by atoms with Crippen LogP contribution in [0.2, 0.25) is 0 Å². The number of carbonyl (C=O) groups excluding carboxylic acids is 2. The summed E-state index contributed by atoms with van der Waals surface area (Å²) in [5.41, 5.74) is 2.04. The van der Waals surface area contributed by atoms with Crippen molar-refractivity contribution in [2.75, 3.05) is 61.6 Å². The Morgan fingerprint density at radius 3 is 2.32 bits per heavy atom. The summed E-state index contributed by atoms with van der Waals surface area (Å²) in [7, 11) is 1.31. The third-order valence-electron chi connectivity index (χ3n) is 6.14. The quantitative estimate of drug-likeness (QED) is 0.389. The van der Waals surface area contributed by atoms with Gasteiger partial charge in [-0.15, -0.1) is 0 Å². The maximum absolute atomic E-state index is 12.9. The van der Waals surface area contributed by atoms with E-state index in [1.54, 1.807) is 30.3 Å². The van der Waals surface area contributed by atoms with Crippen molar-refractivity contribution in [3.63, 3.8) is 0 Å². The molecule has 0 atom stereocenters. The molecule has 2 aliphatic heterocycles. The van der Waals surface area contributed by atoms with Crippen LogP contribution in [0, 0.1) is 10.1 Å². The number of methoxy groups -OCH3 is 1. The zero-order valence-electron chi connectivity index (χ0n) is 19.1. The van der Waals surface area contributed by atoms with Crippen LogP contribution < -0.4 is 15.1 Å². The topological polar surface area (TPSA) is 114 Å². The van der Waals surface area contributed by atoms with E-state index in [4.69, 9.17) is 9.47 Å². The molecular weight excluding hydrogens is 440 g/mol. The van der Waals surface area contributed by atoms with Gasteiger partial charge in [0.25, 0.3) is 11.6 Å². The highest BCUT2D eigenvalue weighted by molar-refractivity contribution is 6.06. The first-order valence-corrected chi connectivity index (χ1v) is 11.4. The Bertz CT molecular complexity index is 1080. The molecule has 10 heteroatoms. The van der Waals surface area contributed by atoms with Gasteiger partial charge in [-0.2, -0.15) is 0 Å². The average molecular weight is 469 g/mol. The van der Waals surface area contributed by atoms with Gasteiger partial charge in [0.2, 0.25) is 0 Å². The summed E-state index contributed by atoms with van der Waals surface area (Å²) in [4.78, 5) is 40.6. The minimum absolute atomic E-state index is 0.0903. The van der Waals surface area contributed by atoms with Gasteiger partial charge in [-0.1, -0.05) is 0 Å². The molecule has 34 heavy (non-hydrogen) atoms. The van der Waals surface area contributed by atoms with Gasteiger partial charge in [0, 0.05) is 43.5 Å². The van der Waals surface area contributed by atoms with E-state index in [1.807, 2.05) is 9.80 Å². The van der Waals surface area contributed by atoms with Crippen molar-refractivity contribution >= 4 is 34.6 Å². The molecule has 1 N–H and O–H groups in total. The number of hydrogen-bond acceptors (Lipinski definition) is 8. The van der Waals surface area contributed by atoms with Crippen molar-refractivity contribution in [3.8, 4) is 0 Å². The van der Waals surface area contributed by atoms with Crippen molar-refractivity contribution in [1.82, 2.24) is 0 Å². The van der Waals surface area contributed by atoms with Crippen LogP contribution in [-0.2, 0) is 9.47 Å². The molecule has 2 fully saturated rings. The van der Waals surface area contributed by atoms with Crippen molar-refractivity contribution in [2.45, 2.75) is 19.3 Å². The third kappa shape index (κ3) is 5.12. The maximum atomic E-state index is 12.9. The number of nitro groups is 1. The monoisotopic (exact) mass is 468 g/mol. The third-order valence-corrected chi connectivity index (χ3v) is 6.14. The number of ether oxygens (including phenoxy) is 2. The predicted octanol–water partition coefficient (Wildman–Crippen LogP) is 3.46. The molecule has 1 amide bonds. The molecule has 0 radical (unpaired) electrons. The zero-order chi connectivity index (χ0) is 24.1. The van der Waals surface area contributed by atoms with Crippen LogP contribution in [-0.4, -0.2) is 63.3 Å². The number of hydrogen-bond donors (Lipinski definition) is 1. The zero-order valence-corrected chi connectivity index (χ0v) is 19.1. The standard InChI is InChI=1S/C24H28N4O6/c1-33-24(30)19-16-18(6-8-20(19)27-11-13-34-14-12-27)25-23(29)17-5-7-21(22(15-17)28(31)32)26-9-3-2-4-10-26/h5-8,15-16H,2-4,9-14H2,1H3,(H,25,29). The van der Waals surface area contributed by atoms with Gasteiger partial charge in [0.05, 0.1) is 36.5 Å². The number of amides is 1. The molecule has 2 heterocycles. The van der Waals surface area contributed by atoms with Crippen LogP contribution in [0.5, 0.6) is 0 Å². The second kappa shape index (κ2) is 10.5. The summed E-state index contributed by atoms with van der Waals surface area (Å²) < 4.78 is 10.3. The van der Waals surface area contributed by atoms with Crippen LogP contribution in [0.1, 0.15) is 40.0 Å². The van der Waals surface area contributed by atoms with Crippen LogP contribution >= 0.6 is 0 Å². The number of piperidine rings is 1. The number of nitro benzene ring substituents is 1. The molecule has 0 unspecified atom stereocenters. The number of esters is 1. The van der Waals surface area contributed by atoms with Gasteiger partial charge in [-0.3, -0.25) is 14.9 Å². The SMILES string of the molecule is COC(=O)c1cc(NC(=O)c2ccc(N3CCCCC3)c([N+](=O)[O-])c2)ccc1N1CCOCC1. The summed E-state index contributed by atoms with van der Waals surface area (Å²) in [6, 6.07) is 9.56. The van der Waals surface area contributed by atoms with Gasteiger partial charge in [0.1, 0.15) is 5.69 Å². The molecule has 0 bridgehead atoms. The van der Waals surface area contributed by atoms with E-state index in [-0.39, 0.29) is 11.3 Å². The van der Waals surface area contributed by atoms with E-state index in [9.17, 15) is 19.7 Å². The number of benzene rings is 2. The van der Waals surface area contributed by atoms with E-state index in [2.05, 4.69) is 5.32 Å². The second-order valence-corrected chi connectivity index (χ2v) is 8.29. The van der Waals surface area contributed by atoms with Crippen molar-refractivity contribution in [1.29, 1.82) is 0 Å². The van der Waals surface area contributed by atoms with Crippen LogP contribution in [0.3, 0.4) is 0 Å². The van der Waals surface area contributed by atoms with Crippen LogP contribution in [0.15, 0.2) is 36.4 Å². The van der Waals surface area contributed by atoms with Crippen molar-refractivity contribution < 1.29 is 24.0 Å². The van der Waals surface area contributed by atoms with Gasteiger partial charge in [-0.05, 0) is 49.6 Å². The Morgan fingerprint density at radius 2 is 1.65 bits per heavy atom. The summed E-state index contributed by atoms with van der Waals surface area (Å²) in [5, 5.41) is 14.5. The predicted molar refractivity (Wildman–Crippen MR) is 128 cm³/mol. The summed E-state index contributed by atoms with van der Waals surface area (Å²) in [6.45, 7) is 3.93. The number of nitrogens with one attached hydrogen (secondary N) is 1. The Kier molecular flexibility index (Phi) is 7.27. The fourth-order valence-corrected chi connectivity index (χ4v) is 4.38. The largest absolute Gasteiger partial charge is 0.465 e. The first kappa shape index (κ1) is 23.5. The highest BCUT2D eigenvalue weighted by Gasteiger charge is 2.24. The first-order chi connectivity index (χ1) is 16.5. The summed E-state index contributed by atoms with van der Waals surface area (Å²) in [5.74, 6) is -1.01. The lowest BCUT2D eigenvalue weighted by molar-refractivity contribution is -0.384.